The summed E-state index contributed by atoms with van der Waals surface area (Å²) in [5.74, 6) is 1.54. The predicted molar refractivity (Wildman–Crippen MR) is 98.0 cm³/mol. The Hall–Kier alpha value is -2.49. The van der Waals surface area contributed by atoms with E-state index in [0.29, 0.717) is 0 Å². The number of esters is 1. The monoisotopic (exact) mass is 342 g/mol. The Morgan fingerprint density at radius 2 is 1.44 bits per heavy atom. The predicted octanol–water partition coefficient (Wildman–Crippen LogP) is 4.58. The fourth-order valence-corrected chi connectivity index (χ4v) is 2.94. The van der Waals surface area contributed by atoms with Crippen molar-refractivity contribution in [1.82, 2.24) is 0 Å². The second-order valence-corrected chi connectivity index (χ2v) is 6.02. The third-order valence-corrected chi connectivity index (χ3v) is 4.35. The molecule has 2 rings (SSSR count). The summed E-state index contributed by atoms with van der Waals surface area (Å²) in [6.45, 7) is 3.57. The molecule has 0 amide bonds. The normalized spacial score (nSPS) is 13.0. The van der Waals surface area contributed by atoms with Gasteiger partial charge >= 0.3 is 5.97 Å². The van der Waals surface area contributed by atoms with E-state index in [1.807, 2.05) is 36.4 Å². The van der Waals surface area contributed by atoms with Crippen LogP contribution in [0.15, 0.2) is 48.5 Å². The molecule has 2 aromatic carbocycles. The van der Waals surface area contributed by atoms with Crippen molar-refractivity contribution in [2.75, 3.05) is 14.2 Å². The summed E-state index contributed by atoms with van der Waals surface area (Å²) in [5, 5.41) is 0. The number of carbonyl (C=O) groups excluding carboxylic acids is 1. The van der Waals surface area contributed by atoms with Crippen LogP contribution in [0.3, 0.4) is 0 Å². The smallest absolute Gasteiger partial charge is 0.303 e. The van der Waals surface area contributed by atoms with Crippen LogP contribution in [0.1, 0.15) is 37.5 Å². The standard InChI is InChI=1S/C21H26O4/c1-5-17(14-16-6-10-19(23-3)11-7-16)21(25-15(2)22)18-8-12-20(24-4)13-9-18/h6-13,17,21H,5,14H2,1-4H3. The molecule has 4 nitrogen and oxygen atoms in total. The van der Waals surface area contributed by atoms with Gasteiger partial charge in [-0.05, 0) is 48.2 Å². The van der Waals surface area contributed by atoms with Crippen molar-refractivity contribution in [3.63, 3.8) is 0 Å². The van der Waals surface area contributed by atoms with Crippen LogP contribution < -0.4 is 9.47 Å². The van der Waals surface area contributed by atoms with Crippen LogP contribution in [0.2, 0.25) is 0 Å². The lowest BCUT2D eigenvalue weighted by Gasteiger charge is -2.26. The molecule has 25 heavy (non-hydrogen) atoms. The van der Waals surface area contributed by atoms with Gasteiger partial charge in [0.15, 0.2) is 0 Å². The molecule has 0 bridgehead atoms. The van der Waals surface area contributed by atoms with Crippen LogP contribution in [0.25, 0.3) is 0 Å². The van der Waals surface area contributed by atoms with Crippen LogP contribution in [0.5, 0.6) is 11.5 Å². The molecule has 2 unspecified atom stereocenters. The summed E-state index contributed by atoms with van der Waals surface area (Å²) >= 11 is 0. The first-order valence-electron chi connectivity index (χ1n) is 8.51. The van der Waals surface area contributed by atoms with Gasteiger partial charge < -0.3 is 14.2 Å². The van der Waals surface area contributed by atoms with E-state index in [-0.39, 0.29) is 18.0 Å². The van der Waals surface area contributed by atoms with Gasteiger partial charge in [0.25, 0.3) is 0 Å². The molecule has 0 aliphatic heterocycles. The molecule has 0 heterocycles. The van der Waals surface area contributed by atoms with Gasteiger partial charge in [0.05, 0.1) is 14.2 Å². The third-order valence-electron chi connectivity index (χ3n) is 4.35. The van der Waals surface area contributed by atoms with E-state index in [0.717, 1.165) is 29.9 Å². The van der Waals surface area contributed by atoms with E-state index in [2.05, 4.69) is 19.1 Å². The minimum absolute atomic E-state index is 0.186. The van der Waals surface area contributed by atoms with E-state index in [1.165, 1.54) is 12.5 Å². The van der Waals surface area contributed by atoms with Crippen molar-refractivity contribution in [2.45, 2.75) is 32.8 Å². The second-order valence-electron chi connectivity index (χ2n) is 6.02. The highest BCUT2D eigenvalue weighted by atomic mass is 16.5. The fraction of sp³-hybridized carbons (Fsp3) is 0.381. The summed E-state index contributed by atoms with van der Waals surface area (Å²) in [6, 6.07) is 15.7. The van der Waals surface area contributed by atoms with Crippen LogP contribution in [-0.2, 0) is 16.0 Å². The lowest BCUT2D eigenvalue weighted by Crippen LogP contribution is -2.20. The zero-order chi connectivity index (χ0) is 18.2. The van der Waals surface area contributed by atoms with Crippen LogP contribution in [-0.4, -0.2) is 20.2 Å². The van der Waals surface area contributed by atoms with Gasteiger partial charge in [-0.15, -0.1) is 0 Å². The number of rotatable bonds is 8. The van der Waals surface area contributed by atoms with E-state index in [1.54, 1.807) is 14.2 Å². The SMILES string of the molecule is CCC(Cc1ccc(OC)cc1)C(OC(C)=O)c1ccc(OC)cc1. The minimum atomic E-state index is -0.282. The van der Waals surface area contributed by atoms with Crippen molar-refractivity contribution < 1.29 is 19.0 Å². The molecule has 0 saturated carbocycles. The first-order valence-corrected chi connectivity index (χ1v) is 8.51. The lowest BCUT2D eigenvalue weighted by atomic mass is 9.87. The summed E-state index contributed by atoms with van der Waals surface area (Å²) in [7, 11) is 3.29. The number of hydrogen-bond donors (Lipinski definition) is 0. The molecule has 0 aromatic heterocycles. The Balaban J connectivity index is 2.23. The summed E-state index contributed by atoms with van der Waals surface area (Å²) in [4.78, 5) is 11.6. The molecule has 0 aliphatic carbocycles. The third kappa shape index (κ3) is 5.24. The van der Waals surface area contributed by atoms with E-state index in [4.69, 9.17) is 14.2 Å². The maximum Gasteiger partial charge on any atom is 0.303 e. The molecular formula is C21H26O4. The van der Waals surface area contributed by atoms with Gasteiger partial charge in [-0.3, -0.25) is 4.79 Å². The van der Waals surface area contributed by atoms with Crippen molar-refractivity contribution in [1.29, 1.82) is 0 Å². The van der Waals surface area contributed by atoms with Crippen LogP contribution >= 0.6 is 0 Å². The molecule has 0 saturated heterocycles. The lowest BCUT2D eigenvalue weighted by molar-refractivity contribution is -0.149. The number of hydrogen-bond acceptors (Lipinski definition) is 4. The summed E-state index contributed by atoms with van der Waals surface area (Å²) in [6.07, 6.45) is 1.44. The quantitative estimate of drug-likeness (QED) is 0.659. The Labute approximate surface area is 149 Å². The van der Waals surface area contributed by atoms with Crippen LogP contribution in [0.4, 0.5) is 0 Å². The van der Waals surface area contributed by atoms with Crippen molar-refractivity contribution >= 4 is 5.97 Å². The molecule has 134 valence electrons. The summed E-state index contributed by atoms with van der Waals surface area (Å²) in [5.41, 5.74) is 2.18. The second kappa shape index (κ2) is 9.11. The molecule has 4 heteroatoms. The number of carbonyl (C=O) groups is 1. The molecule has 0 radical (unpaired) electrons. The maximum absolute atomic E-state index is 11.6. The maximum atomic E-state index is 11.6. The molecular weight excluding hydrogens is 316 g/mol. The number of methoxy groups -OCH3 is 2. The Kier molecular flexibility index (Phi) is 6.87. The Morgan fingerprint density at radius 1 is 0.920 bits per heavy atom. The van der Waals surface area contributed by atoms with E-state index >= 15 is 0 Å². The van der Waals surface area contributed by atoms with Crippen molar-refractivity contribution in [2.24, 2.45) is 5.92 Å². The number of ether oxygens (including phenoxy) is 3. The first-order chi connectivity index (χ1) is 12.1. The topological polar surface area (TPSA) is 44.8 Å². The zero-order valence-corrected chi connectivity index (χ0v) is 15.3. The zero-order valence-electron chi connectivity index (χ0n) is 15.3. The average molecular weight is 342 g/mol. The van der Waals surface area contributed by atoms with E-state index < -0.39 is 0 Å². The molecule has 0 fully saturated rings. The summed E-state index contributed by atoms with van der Waals surface area (Å²) < 4.78 is 16.1. The van der Waals surface area contributed by atoms with Gasteiger partial charge in [0, 0.05) is 12.8 Å². The van der Waals surface area contributed by atoms with Crippen molar-refractivity contribution in [3.05, 3.63) is 59.7 Å². The van der Waals surface area contributed by atoms with Gasteiger partial charge in [-0.1, -0.05) is 31.2 Å². The van der Waals surface area contributed by atoms with Crippen LogP contribution in [0, 0.1) is 5.92 Å². The largest absolute Gasteiger partial charge is 0.497 e. The van der Waals surface area contributed by atoms with E-state index in [9.17, 15) is 4.79 Å². The molecule has 0 spiro atoms. The fourth-order valence-electron chi connectivity index (χ4n) is 2.94. The minimum Gasteiger partial charge on any atom is -0.497 e. The molecule has 2 aromatic rings. The Bertz CT molecular complexity index is 661. The van der Waals surface area contributed by atoms with Crippen molar-refractivity contribution in [3.8, 4) is 11.5 Å². The molecule has 0 aliphatic rings. The highest BCUT2D eigenvalue weighted by Crippen LogP contribution is 2.32. The number of benzene rings is 2. The van der Waals surface area contributed by atoms with Gasteiger partial charge in [-0.2, -0.15) is 0 Å². The molecule has 2 atom stereocenters. The Morgan fingerprint density at radius 3 is 1.88 bits per heavy atom. The highest BCUT2D eigenvalue weighted by Gasteiger charge is 2.25. The van der Waals surface area contributed by atoms with Gasteiger partial charge in [-0.25, -0.2) is 0 Å². The first kappa shape index (κ1) is 18.8. The van der Waals surface area contributed by atoms with Gasteiger partial charge in [0.2, 0.25) is 0 Å². The molecule has 0 N–H and O–H groups in total. The van der Waals surface area contributed by atoms with Gasteiger partial charge in [0.1, 0.15) is 17.6 Å². The highest BCUT2D eigenvalue weighted by molar-refractivity contribution is 5.66. The average Bonchev–Trinajstić information content (AvgIpc) is 2.65.